The Hall–Kier alpha value is -1.10. The molecule has 1 aromatic carbocycles. The predicted octanol–water partition coefficient (Wildman–Crippen LogP) is 3.57. The summed E-state index contributed by atoms with van der Waals surface area (Å²) in [6, 6.07) is 3.82. The molecule has 1 nitrogen and oxygen atoms in total. The number of benzene rings is 1. The minimum absolute atomic E-state index is 0.112. The zero-order chi connectivity index (χ0) is 12.5. The van der Waals surface area contributed by atoms with E-state index in [0.29, 0.717) is 18.4 Å². The quantitative estimate of drug-likeness (QED) is 0.748. The number of hydrogen-bond acceptors (Lipinski definition) is 1. The Kier molecular flexibility index (Phi) is 3.38. The second-order valence-corrected chi connectivity index (χ2v) is 4.30. The van der Waals surface area contributed by atoms with Crippen molar-refractivity contribution >= 4 is 0 Å². The lowest BCUT2D eigenvalue weighted by Gasteiger charge is -2.32. The summed E-state index contributed by atoms with van der Waals surface area (Å²) in [6.07, 6.45) is -2.92. The largest absolute Gasteiger partial charge is 0.403 e. The second kappa shape index (κ2) is 4.64. The van der Waals surface area contributed by atoms with Crippen LogP contribution in [-0.2, 0) is 0 Å². The van der Waals surface area contributed by atoms with E-state index in [0.717, 1.165) is 0 Å². The predicted molar refractivity (Wildman–Crippen MR) is 56.0 cm³/mol. The standard InChI is InChI=1S/C12H13F4N/c13-9-6-4-8(5-7-9)10-2-1-3-11(17-10)12(14,15)16/h4-7,10-11,17H,1-3H2. The van der Waals surface area contributed by atoms with Crippen LogP contribution in [0.5, 0.6) is 0 Å². The van der Waals surface area contributed by atoms with Gasteiger partial charge in [-0.05, 0) is 37.0 Å². The highest BCUT2D eigenvalue weighted by atomic mass is 19.4. The molecule has 2 atom stereocenters. The molecule has 0 bridgehead atoms. The molecule has 0 spiro atoms. The Balaban J connectivity index is 2.09. The molecule has 1 fully saturated rings. The Labute approximate surface area is 96.8 Å². The van der Waals surface area contributed by atoms with E-state index in [1.54, 1.807) is 0 Å². The molecular weight excluding hydrogens is 234 g/mol. The molecule has 5 heteroatoms. The van der Waals surface area contributed by atoms with Crippen molar-refractivity contribution in [1.29, 1.82) is 0 Å². The van der Waals surface area contributed by atoms with E-state index < -0.39 is 12.2 Å². The first-order valence-electron chi connectivity index (χ1n) is 5.55. The van der Waals surface area contributed by atoms with E-state index >= 15 is 0 Å². The smallest absolute Gasteiger partial charge is 0.299 e. The molecule has 2 unspecified atom stereocenters. The summed E-state index contributed by atoms with van der Waals surface area (Å²) in [7, 11) is 0. The van der Waals surface area contributed by atoms with Crippen LogP contribution in [0.25, 0.3) is 0 Å². The summed E-state index contributed by atoms with van der Waals surface area (Å²) >= 11 is 0. The van der Waals surface area contributed by atoms with E-state index in [4.69, 9.17) is 0 Å². The van der Waals surface area contributed by atoms with Gasteiger partial charge in [-0.15, -0.1) is 0 Å². The van der Waals surface area contributed by atoms with Crippen LogP contribution in [0.4, 0.5) is 17.6 Å². The lowest BCUT2D eigenvalue weighted by atomic mass is 9.93. The molecule has 17 heavy (non-hydrogen) atoms. The van der Waals surface area contributed by atoms with Crippen LogP contribution in [-0.4, -0.2) is 12.2 Å². The zero-order valence-electron chi connectivity index (χ0n) is 9.10. The van der Waals surface area contributed by atoms with Gasteiger partial charge in [0, 0.05) is 6.04 Å². The van der Waals surface area contributed by atoms with Gasteiger partial charge >= 0.3 is 6.18 Å². The molecule has 1 aliphatic rings. The molecule has 0 aromatic heterocycles. The van der Waals surface area contributed by atoms with Crippen molar-refractivity contribution in [3.8, 4) is 0 Å². The maximum atomic E-state index is 12.7. The lowest BCUT2D eigenvalue weighted by molar-refractivity contribution is -0.163. The number of nitrogens with one attached hydrogen (secondary N) is 1. The van der Waals surface area contributed by atoms with E-state index in [1.165, 1.54) is 24.3 Å². The minimum atomic E-state index is -4.21. The van der Waals surface area contributed by atoms with Gasteiger partial charge in [0.2, 0.25) is 0 Å². The van der Waals surface area contributed by atoms with Crippen LogP contribution in [0.15, 0.2) is 24.3 Å². The van der Waals surface area contributed by atoms with Crippen LogP contribution in [0, 0.1) is 5.82 Å². The van der Waals surface area contributed by atoms with E-state index in [1.807, 2.05) is 0 Å². The topological polar surface area (TPSA) is 12.0 Å². The van der Waals surface area contributed by atoms with Gasteiger partial charge in [-0.2, -0.15) is 13.2 Å². The Bertz CT molecular complexity index is 371. The SMILES string of the molecule is Fc1ccc(C2CCCC(C(F)(F)F)N2)cc1. The summed E-state index contributed by atoms with van der Waals surface area (Å²) < 4.78 is 50.4. The van der Waals surface area contributed by atoms with Gasteiger partial charge in [-0.1, -0.05) is 12.1 Å². The molecular formula is C12H13F4N. The Morgan fingerprint density at radius 2 is 1.71 bits per heavy atom. The van der Waals surface area contributed by atoms with Crippen molar-refractivity contribution < 1.29 is 17.6 Å². The van der Waals surface area contributed by atoms with Crippen molar-refractivity contribution in [3.63, 3.8) is 0 Å². The normalized spacial score (nSPS) is 25.9. The fourth-order valence-electron chi connectivity index (χ4n) is 2.15. The van der Waals surface area contributed by atoms with Gasteiger partial charge < -0.3 is 0 Å². The number of piperidine rings is 1. The highest BCUT2D eigenvalue weighted by Crippen LogP contribution is 2.32. The molecule has 1 N–H and O–H groups in total. The maximum absolute atomic E-state index is 12.7. The first-order valence-corrected chi connectivity index (χ1v) is 5.55. The summed E-state index contributed by atoms with van der Waals surface area (Å²) in [4.78, 5) is 0. The van der Waals surface area contributed by atoms with Crippen molar-refractivity contribution in [2.45, 2.75) is 37.5 Å². The van der Waals surface area contributed by atoms with Crippen molar-refractivity contribution in [3.05, 3.63) is 35.6 Å². The third-order valence-corrected chi connectivity index (χ3v) is 3.06. The second-order valence-electron chi connectivity index (χ2n) is 4.30. The lowest BCUT2D eigenvalue weighted by Crippen LogP contribution is -2.46. The van der Waals surface area contributed by atoms with E-state index in [-0.39, 0.29) is 18.3 Å². The molecule has 0 aliphatic carbocycles. The fourth-order valence-corrected chi connectivity index (χ4v) is 2.15. The molecule has 1 heterocycles. The number of rotatable bonds is 1. The molecule has 94 valence electrons. The summed E-state index contributed by atoms with van der Waals surface area (Å²) in [5.74, 6) is -0.378. The highest BCUT2D eigenvalue weighted by Gasteiger charge is 2.42. The van der Waals surface area contributed by atoms with E-state index in [2.05, 4.69) is 5.32 Å². The van der Waals surface area contributed by atoms with Crippen LogP contribution < -0.4 is 5.32 Å². The molecule has 1 saturated heterocycles. The molecule has 1 aliphatic heterocycles. The summed E-state index contributed by atoms with van der Waals surface area (Å²) in [5.41, 5.74) is 0.709. The van der Waals surface area contributed by atoms with Gasteiger partial charge in [-0.3, -0.25) is 5.32 Å². The Morgan fingerprint density at radius 1 is 1.06 bits per heavy atom. The number of alkyl halides is 3. The first-order chi connectivity index (χ1) is 7.97. The average Bonchev–Trinajstić information content (AvgIpc) is 2.29. The fraction of sp³-hybridized carbons (Fsp3) is 0.500. The number of hydrogen-bond donors (Lipinski definition) is 1. The molecule has 1 aromatic rings. The van der Waals surface area contributed by atoms with Crippen molar-refractivity contribution in [2.24, 2.45) is 0 Å². The Morgan fingerprint density at radius 3 is 2.29 bits per heavy atom. The minimum Gasteiger partial charge on any atom is -0.299 e. The van der Waals surface area contributed by atoms with E-state index in [9.17, 15) is 17.6 Å². The van der Waals surface area contributed by atoms with Crippen LogP contribution in [0.3, 0.4) is 0 Å². The molecule has 2 rings (SSSR count). The van der Waals surface area contributed by atoms with Gasteiger partial charge in [0.25, 0.3) is 0 Å². The van der Waals surface area contributed by atoms with Gasteiger partial charge in [-0.25, -0.2) is 4.39 Å². The van der Waals surface area contributed by atoms with Gasteiger partial charge in [0.1, 0.15) is 11.9 Å². The third-order valence-electron chi connectivity index (χ3n) is 3.06. The van der Waals surface area contributed by atoms with Crippen molar-refractivity contribution in [2.75, 3.05) is 0 Å². The van der Waals surface area contributed by atoms with Crippen LogP contribution in [0.1, 0.15) is 30.9 Å². The zero-order valence-corrected chi connectivity index (χ0v) is 9.10. The number of halogens is 4. The highest BCUT2D eigenvalue weighted by molar-refractivity contribution is 5.20. The summed E-state index contributed by atoms with van der Waals surface area (Å²) in [5, 5.41) is 2.58. The van der Waals surface area contributed by atoms with Crippen molar-refractivity contribution in [1.82, 2.24) is 5.32 Å². The van der Waals surface area contributed by atoms with Gasteiger partial charge in [0.05, 0.1) is 0 Å². The molecule has 0 saturated carbocycles. The van der Waals surface area contributed by atoms with Crippen LogP contribution >= 0.6 is 0 Å². The van der Waals surface area contributed by atoms with Gasteiger partial charge in [0.15, 0.2) is 0 Å². The summed E-state index contributed by atoms with van der Waals surface area (Å²) in [6.45, 7) is 0. The average molecular weight is 247 g/mol. The molecule has 0 amide bonds. The monoisotopic (exact) mass is 247 g/mol. The first kappa shape index (κ1) is 12.4. The molecule has 0 radical (unpaired) electrons. The van der Waals surface area contributed by atoms with Crippen LogP contribution in [0.2, 0.25) is 0 Å². The maximum Gasteiger partial charge on any atom is 0.403 e. The third kappa shape index (κ3) is 2.97.